The molecule has 0 aliphatic carbocycles. The lowest BCUT2D eigenvalue weighted by Gasteiger charge is -2.13. The minimum atomic E-state index is -0.754. The number of aliphatic hydroxyl groups excluding tert-OH is 2. The largest absolute Gasteiger partial charge is 0.508 e. The van der Waals surface area contributed by atoms with Gasteiger partial charge >= 0.3 is 0 Å². The van der Waals surface area contributed by atoms with Gasteiger partial charge in [-0.05, 0) is 17.7 Å². The van der Waals surface area contributed by atoms with Crippen molar-refractivity contribution in [2.75, 3.05) is 11.9 Å². The SMILES string of the molecule is OC[C@H]1OC(n2cnc3c(NCc4cc(O)cc(O)c4)ncnc32)C[C@@H]1O. The van der Waals surface area contributed by atoms with Gasteiger partial charge in [-0.3, -0.25) is 4.57 Å². The van der Waals surface area contributed by atoms with Crippen molar-refractivity contribution >= 4 is 17.0 Å². The Morgan fingerprint density at radius 1 is 1.15 bits per heavy atom. The van der Waals surface area contributed by atoms with Gasteiger partial charge in [-0.15, -0.1) is 0 Å². The zero-order chi connectivity index (χ0) is 19.0. The van der Waals surface area contributed by atoms with E-state index in [4.69, 9.17) is 4.74 Å². The highest BCUT2D eigenvalue weighted by Gasteiger charge is 2.35. The summed E-state index contributed by atoms with van der Waals surface area (Å²) in [6, 6.07) is 4.32. The molecule has 5 N–H and O–H groups in total. The zero-order valence-electron chi connectivity index (χ0n) is 14.2. The Bertz CT molecular complexity index is 942. The molecule has 3 atom stereocenters. The van der Waals surface area contributed by atoms with Gasteiger partial charge in [-0.1, -0.05) is 0 Å². The third-order valence-electron chi connectivity index (χ3n) is 4.48. The number of hydrogen-bond donors (Lipinski definition) is 5. The van der Waals surface area contributed by atoms with Crippen molar-refractivity contribution in [3.63, 3.8) is 0 Å². The van der Waals surface area contributed by atoms with Crippen LogP contribution in [-0.2, 0) is 11.3 Å². The predicted octanol–water partition coefficient (Wildman–Crippen LogP) is 0.490. The summed E-state index contributed by atoms with van der Waals surface area (Å²) < 4.78 is 7.35. The van der Waals surface area contributed by atoms with E-state index in [1.54, 1.807) is 10.9 Å². The third-order valence-corrected chi connectivity index (χ3v) is 4.48. The number of anilines is 1. The molecular formula is C17H19N5O5. The highest BCUT2D eigenvalue weighted by molar-refractivity contribution is 5.82. The maximum atomic E-state index is 9.94. The Hall–Kier alpha value is -2.95. The van der Waals surface area contributed by atoms with Crippen LogP contribution in [0.1, 0.15) is 18.2 Å². The minimum absolute atomic E-state index is 0.0284. The van der Waals surface area contributed by atoms with Gasteiger partial charge < -0.3 is 30.5 Å². The number of phenols is 2. The van der Waals surface area contributed by atoms with Crippen LogP contribution >= 0.6 is 0 Å². The minimum Gasteiger partial charge on any atom is -0.508 e. The molecule has 3 aromatic rings. The van der Waals surface area contributed by atoms with E-state index in [9.17, 15) is 20.4 Å². The second-order valence-electron chi connectivity index (χ2n) is 6.37. The van der Waals surface area contributed by atoms with Crippen molar-refractivity contribution < 1.29 is 25.2 Å². The topological polar surface area (TPSA) is 146 Å². The Labute approximate surface area is 153 Å². The van der Waals surface area contributed by atoms with Gasteiger partial charge in [0, 0.05) is 19.0 Å². The Morgan fingerprint density at radius 2 is 1.93 bits per heavy atom. The summed E-state index contributed by atoms with van der Waals surface area (Å²) in [7, 11) is 0. The van der Waals surface area contributed by atoms with Crippen LogP contribution in [0.25, 0.3) is 11.2 Å². The summed E-state index contributed by atoms with van der Waals surface area (Å²) in [5, 5.41) is 41.4. The first kappa shape index (κ1) is 17.5. The lowest BCUT2D eigenvalue weighted by atomic mass is 10.2. The van der Waals surface area contributed by atoms with Crippen LogP contribution in [0.3, 0.4) is 0 Å². The first-order chi connectivity index (χ1) is 13.0. The van der Waals surface area contributed by atoms with Crippen LogP contribution in [0.2, 0.25) is 0 Å². The Morgan fingerprint density at radius 3 is 2.63 bits per heavy atom. The molecule has 0 spiro atoms. The zero-order valence-corrected chi connectivity index (χ0v) is 14.2. The molecule has 10 nitrogen and oxygen atoms in total. The lowest BCUT2D eigenvalue weighted by molar-refractivity contribution is -0.0432. The molecule has 1 aliphatic heterocycles. The molecule has 142 valence electrons. The molecule has 0 bridgehead atoms. The van der Waals surface area contributed by atoms with Gasteiger partial charge in [-0.25, -0.2) is 15.0 Å². The van der Waals surface area contributed by atoms with Crippen molar-refractivity contribution in [1.82, 2.24) is 19.5 Å². The molecule has 1 aliphatic rings. The fourth-order valence-corrected chi connectivity index (χ4v) is 3.19. The molecule has 1 fully saturated rings. The summed E-state index contributed by atoms with van der Waals surface area (Å²) >= 11 is 0. The number of benzene rings is 1. The number of aromatic hydroxyl groups is 2. The predicted molar refractivity (Wildman–Crippen MR) is 94.0 cm³/mol. The Balaban J connectivity index is 1.57. The number of nitrogens with one attached hydrogen (secondary N) is 1. The van der Waals surface area contributed by atoms with Gasteiger partial charge in [0.15, 0.2) is 17.0 Å². The number of hydrogen-bond acceptors (Lipinski definition) is 9. The molecule has 27 heavy (non-hydrogen) atoms. The van der Waals surface area contributed by atoms with E-state index in [0.717, 1.165) is 0 Å². The number of aromatic nitrogens is 4. The van der Waals surface area contributed by atoms with Gasteiger partial charge in [0.1, 0.15) is 30.2 Å². The lowest BCUT2D eigenvalue weighted by Crippen LogP contribution is -2.24. The highest BCUT2D eigenvalue weighted by Crippen LogP contribution is 2.31. The van der Waals surface area contributed by atoms with Crippen molar-refractivity contribution in [2.24, 2.45) is 0 Å². The van der Waals surface area contributed by atoms with Crippen LogP contribution in [0.4, 0.5) is 5.82 Å². The number of rotatable bonds is 5. The van der Waals surface area contributed by atoms with E-state index in [1.807, 2.05) is 0 Å². The molecule has 0 amide bonds. The fraction of sp³-hybridized carbons (Fsp3) is 0.353. The van der Waals surface area contributed by atoms with Crippen LogP contribution in [-0.4, -0.2) is 58.8 Å². The molecule has 10 heteroatoms. The van der Waals surface area contributed by atoms with Gasteiger partial charge in [0.05, 0.1) is 19.0 Å². The molecule has 3 heterocycles. The number of aliphatic hydroxyl groups is 2. The second kappa shape index (κ2) is 6.99. The third kappa shape index (κ3) is 3.37. The smallest absolute Gasteiger partial charge is 0.167 e. The second-order valence-corrected chi connectivity index (χ2v) is 6.37. The van der Waals surface area contributed by atoms with E-state index in [1.165, 1.54) is 24.5 Å². The van der Waals surface area contributed by atoms with Crippen molar-refractivity contribution in [3.8, 4) is 11.5 Å². The molecule has 4 rings (SSSR count). The molecule has 0 radical (unpaired) electrons. The summed E-state index contributed by atoms with van der Waals surface area (Å²) in [6.07, 6.45) is 1.40. The average molecular weight is 373 g/mol. The highest BCUT2D eigenvalue weighted by atomic mass is 16.5. The van der Waals surface area contributed by atoms with Gasteiger partial charge in [0.2, 0.25) is 0 Å². The molecule has 1 unspecified atom stereocenters. The fourth-order valence-electron chi connectivity index (χ4n) is 3.19. The van der Waals surface area contributed by atoms with Crippen LogP contribution < -0.4 is 5.32 Å². The van der Waals surface area contributed by atoms with Crippen LogP contribution in [0.15, 0.2) is 30.9 Å². The summed E-state index contributed by atoms with van der Waals surface area (Å²) in [4.78, 5) is 12.8. The normalized spacial score (nSPS) is 22.4. The van der Waals surface area contributed by atoms with E-state index in [0.29, 0.717) is 35.5 Å². The van der Waals surface area contributed by atoms with Crippen molar-refractivity contribution in [3.05, 3.63) is 36.4 Å². The number of fused-ring (bicyclic) bond motifs is 1. The van der Waals surface area contributed by atoms with Crippen LogP contribution in [0, 0.1) is 0 Å². The molecule has 1 aromatic carbocycles. The molecule has 0 saturated carbocycles. The first-order valence-electron chi connectivity index (χ1n) is 8.43. The van der Waals surface area contributed by atoms with E-state index in [-0.39, 0.29) is 18.1 Å². The monoisotopic (exact) mass is 373 g/mol. The average Bonchev–Trinajstić information content (AvgIpc) is 3.22. The first-order valence-corrected chi connectivity index (χ1v) is 8.43. The molecular weight excluding hydrogens is 354 g/mol. The molecule has 2 aromatic heterocycles. The Kier molecular flexibility index (Phi) is 4.52. The van der Waals surface area contributed by atoms with Gasteiger partial charge in [0.25, 0.3) is 0 Å². The standard InChI is InChI=1S/C17H19N5O5/c23-6-13-12(26)4-14(27-13)22-8-21-15-16(19-7-20-17(15)22)18-5-9-1-10(24)3-11(25)2-9/h1-3,7-8,12-14,23-26H,4-6H2,(H,18,19,20)/t12-,13+,14?/m0/s1. The van der Waals surface area contributed by atoms with Crippen LogP contribution in [0.5, 0.6) is 11.5 Å². The summed E-state index contributed by atoms with van der Waals surface area (Å²) in [5.74, 6) is 0.428. The van der Waals surface area contributed by atoms with E-state index >= 15 is 0 Å². The number of ether oxygens (including phenoxy) is 1. The quantitative estimate of drug-likeness (QED) is 0.431. The van der Waals surface area contributed by atoms with Crippen molar-refractivity contribution in [2.45, 2.75) is 31.4 Å². The van der Waals surface area contributed by atoms with E-state index < -0.39 is 18.4 Å². The van der Waals surface area contributed by atoms with E-state index in [2.05, 4.69) is 20.3 Å². The number of nitrogens with zero attached hydrogens (tertiary/aromatic N) is 4. The summed E-state index contributed by atoms with van der Waals surface area (Å²) in [6.45, 7) is 0.0506. The van der Waals surface area contributed by atoms with Crippen molar-refractivity contribution in [1.29, 1.82) is 0 Å². The summed E-state index contributed by atoms with van der Waals surface area (Å²) in [5.41, 5.74) is 1.72. The van der Waals surface area contributed by atoms with Gasteiger partial charge in [-0.2, -0.15) is 0 Å². The number of phenolic OH excluding ortho intramolecular Hbond substituents is 2. The maximum Gasteiger partial charge on any atom is 0.167 e. The maximum absolute atomic E-state index is 9.94. The number of imidazole rings is 1. The molecule has 1 saturated heterocycles.